The molecule has 2 atom stereocenters. The second-order valence-corrected chi connectivity index (χ2v) is 5.81. The normalized spacial score (nSPS) is 20.3. The van der Waals surface area contributed by atoms with Crippen LogP contribution in [0.4, 0.5) is 11.4 Å². The molecule has 2 unspecified atom stereocenters. The van der Waals surface area contributed by atoms with Crippen LogP contribution < -0.4 is 5.32 Å². The highest BCUT2D eigenvalue weighted by Gasteiger charge is 2.36. The molecule has 5 nitrogen and oxygen atoms in total. The molecule has 21 heavy (non-hydrogen) atoms. The third-order valence-electron chi connectivity index (χ3n) is 3.77. The molecule has 6 heteroatoms. The number of benzene rings is 1. The number of hydrogen-bond donors (Lipinski definition) is 1. The lowest BCUT2D eigenvalue weighted by molar-refractivity contribution is -0.384. The van der Waals surface area contributed by atoms with Gasteiger partial charge in [-0.25, -0.2) is 0 Å². The topological polar surface area (TPSA) is 68.3 Å². The molecule has 1 heterocycles. The molecule has 3 rings (SSSR count). The maximum atomic E-state index is 10.8. The van der Waals surface area contributed by atoms with Crippen LogP contribution in [0.1, 0.15) is 30.8 Å². The molecule has 1 aliphatic rings. The molecule has 0 amide bonds. The Bertz CT molecular complexity index is 683. The van der Waals surface area contributed by atoms with Crippen molar-refractivity contribution in [1.82, 2.24) is 0 Å². The summed E-state index contributed by atoms with van der Waals surface area (Å²) in [6.07, 6.45) is 1.18. The van der Waals surface area contributed by atoms with E-state index in [0.717, 1.165) is 11.5 Å². The number of furan rings is 1. The molecular weight excluding hydrogens is 292 g/mol. The molecule has 0 spiro atoms. The number of rotatable bonds is 5. The fourth-order valence-electron chi connectivity index (χ4n) is 2.36. The van der Waals surface area contributed by atoms with E-state index in [-0.39, 0.29) is 10.7 Å². The molecule has 1 aromatic carbocycles. The highest BCUT2D eigenvalue weighted by atomic mass is 35.5. The van der Waals surface area contributed by atoms with Gasteiger partial charge in [0.2, 0.25) is 0 Å². The van der Waals surface area contributed by atoms with E-state index in [1.165, 1.54) is 18.6 Å². The first-order chi connectivity index (χ1) is 10.0. The van der Waals surface area contributed by atoms with Crippen molar-refractivity contribution in [3.8, 4) is 0 Å². The van der Waals surface area contributed by atoms with Crippen molar-refractivity contribution in [1.29, 1.82) is 0 Å². The summed E-state index contributed by atoms with van der Waals surface area (Å²) >= 11 is 5.78. The van der Waals surface area contributed by atoms with Crippen molar-refractivity contribution < 1.29 is 9.34 Å². The summed E-state index contributed by atoms with van der Waals surface area (Å²) in [5, 5.41) is 14.1. The van der Waals surface area contributed by atoms with Crippen LogP contribution in [0, 0.1) is 16.0 Å². The highest BCUT2D eigenvalue weighted by molar-refractivity contribution is 6.32. The molecule has 0 saturated heterocycles. The lowest BCUT2D eigenvalue weighted by atomic mass is 10.2. The van der Waals surface area contributed by atoms with Gasteiger partial charge in [-0.15, -0.1) is 0 Å². The monoisotopic (exact) mass is 306 g/mol. The number of anilines is 1. The second-order valence-electron chi connectivity index (χ2n) is 5.40. The first-order valence-corrected chi connectivity index (χ1v) is 7.19. The van der Waals surface area contributed by atoms with Gasteiger partial charge in [0.15, 0.2) is 0 Å². The Morgan fingerprint density at radius 3 is 2.86 bits per heavy atom. The van der Waals surface area contributed by atoms with Gasteiger partial charge in [-0.2, -0.15) is 0 Å². The molecule has 1 aliphatic carbocycles. The number of nitrogens with zero attached hydrogens (tertiary/aromatic N) is 1. The predicted octanol–water partition coefficient (Wildman–Crippen LogP) is 4.58. The maximum Gasteiger partial charge on any atom is 0.289 e. The van der Waals surface area contributed by atoms with Crippen LogP contribution in [0.25, 0.3) is 0 Å². The minimum Gasteiger partial charge on any atom is -0.464 e. The van der Waals surface area contributed by atoms with Gasteiger partial charge in [-0.1, -0.05) is 18.5 Å². The van der Waals surface area contributed by atoms with Crippen LogP contribution >= 0.6 is 11.6 Å². The number of nitro groups is 1. The molecule has 110 valence electrons. The standard InChI is InChI=1S/C15H15ClN2O3/c1-9-6-12(9)15-5-3-11(21-15)8-17-10-2-4-13(16)14(7-10)18(19)20/h2-5,7,9,12,17H,6,8H2,1H3. The van der Waals surface area contributed by atoms with Gasteiger partial charge in [0.1, 0.15) is 16.5 Å². The van der Waals surface area contributed by atoms with Crippen molar-refractivity contribution >= 4 is 23.0 Å². The third-order valence-corrected chi connectivity index (χ3v) is 4.09. The molecule has 1 aromatic heterocycles. The summed E-state index contributed by atoms with van der Waals surface area (Å²) in [6, 6.07) is 8.60. The second kappa shape index (κ2) is 5.41. The van der Waals surface area contributed by atoms with E-state index >= 15 is 0 Å². The van der Waals surface area contributed by atoms with Crippen molar-refractivity contribution in [3.05, 3.63) is 57.0 Å². The Morgan fingerprint density at radius 2 is 2.19 bits per heavy atom. The maximum absolute atomic E-state index is 10.8. The zero-order valence-corrected chi connectivity index (χ0v) is 12.3. The van der Waals surface area contributed by atoms with Crippen molar-refractivity contribution in [2.45, 2.75) is 25.8 Å². The average molecular weight is 307 g/mol. The Hall–Kier alpha value is -2.01. The lowest BCUT2D eigenvalue weighted by Gasteiger charge is -2.05. The SMILES string of the molecule is CC1CC1c1ccc(CNc2ccc(Cl)c([N+](=O)[O-])c2)o1. The van der Waals surface area contributed by atoms with Gasteiger partial charge < -0.3 is 9.73 Å². The van der Waals surface area contributed by atoms with Crippen LogP contribution in [0.3, 0.4) is 0 Å². The zero-order valence-electron chi connectivity index (χ0n) is 11.5. The predicted molar refractivity (Wildman–Crippen MR) is 80.7 cm³/mol. The fraction of sp³-hybridized carbons (Fsp3) is 0.333. The van der Waals surface area contributed by atoms with Crippen molar-refractivity contribution in [3.63, 3.8) is 0 Å². The van der Waals surface area contributed by atoms with Crippen LogP contribution in [-0.4, -0.2) is 4.92 Å². The van der Waals surface area contributed by atoms with Crippen LogP contribution in [0.15, 0.2) is 34.7 Å². The first kappa shape index (κ1) is 13.9. The molecule has 2 aromatic rings. The summed E-state index contributed by atoms with van der Waals surface area (Å²) in [7, 11) is 0. The molecule has 0 radical (unpaired) electrons. The summed E-state index contributed by atoms with van der Waals surface area (Å²) in [5.41, 5.74) is 0.539. The Morgan fingerprint density at radius 1 is 1.43 bits per heavy atom. The van der Waals surface area contributed by atoms with Gasteiger partial charge in [0, 0.05) is 17.7 Å². The van der Waals surface area contributed by atoms with E-state index in [0.29, 0.717) is 24.1 Å². The first-order valence-electron chi connectivity index (χ1n) is 6.81. The van der Waals surface area contributed by atoms with Crippen LogP contribution in [0.5, 0.6) is 0 Å². The summed E-state index contributed by atoms with van der Waals surface area (Å²) in [4.78, 5) is 10.3. The fourth-order valence-corrected chi connectivity index (χ4v) is 2.55. The Kier molecular flexibility index (Phi) is 3.59. The molecule has 1 saturated carbocycles. The van der Waals surface area contributed by atoms with Gasteiger partial charge in [-0.3, -0.25) is 10.1 Å². The zero-order chi connectivity index (χ0) is 15.0. The van der Waals surface area contributed by atoms with E-state index in [1.807, 2.05) is 12.1 Å². The summed E-state index contributed by atoms with van der Waals surface area (Å²) in [5.74, 6) is 3.11. The van der Waals surface area contributed by atoms with Gasteiger partial charge >= 0.3 is 0 Å². The number of nitrogens with one attached hydrogen (secondary N) is 1. The van der Waals surface area contributed by atoms with Gasteiger partial charge in [0.05, 0.1) is 11.5 Å². The van der Waals surface area contributed by atoms with Crippen molar-refractivity contribution in [2.24, 2.45) is 5.92 Å². The Labute approximate surface area is 127 Å². The van der Waals surface area contributed by atoms with Gasteiger partial charge in [-0.05, 0) is 36.6 Å². The van der Waals surface area contributed by atoms with E-state index in [9.17, 15) is 10.1 Å². The lowest BCUT2D eigenvalue weighted by Crippen LogP contribution is -1.99. The van der Waals surface area contributed by atoms with Crippen molar-refractivity contribution in [2.75, 3.05) is 5.32 Å². The van der Waals surface area contributed by atoms with E-state index in [1.54, 1.807) is 6.07 Å². The van der Waals surface area contributed by atoms with Crippen LogP contribution in [0.2, 0.25) is 5.02 Å². The molecule has 1 fully saturated rings. The molecule has 0 bridgehead atoms. The Balaban J connectivity index is 1.66. The summed E-state index contributed by atoms with van der Waals surface area (Å²) in [6.45, 7) is 2.69. The van der Waals surface area contributed by atoms with E-state index in [4.69, 9.17) is 16.0 Å². The quantitative estimate of drug-likeness (QED) is 0.648. The average Bonchev–Trinajstić information content (AvgIpc) is 3.00. The third kappa shape index (κ3) is 3.03. The number of nitro benzene ring substituents is 1. The van der Waals surface area contributed by atoms with E-state index in [2.05, 4.69) is 12.2 Å². The smallest absolute Gasteiger partial charge is 0.289 e. The molecular formula is C15H15ClN2O3. The molecule has 1 N–H and O–H groups in total. The number of halogens is 1. The number of hydrogen-bond acceptors (Lipinski definition) is 4. The molecule has 0 aliphatic heterocycles. The van der Waals surface area contributed by atoms with Gasteiger partial charge in [0.25, 0.3) is 5.69 Å². The van der Waals surface area contributed by atoms with E-state index < -0.39 is 4.92 Å². The minimum atomic E-state index is -0.493. The highest BCUT2D eigenvalue weighted by Crippen LogP contribution is 2.47. The largest absolute Gasteiger partial charge is 0.464 e. The minimum absolute atomic E-state index is 0.103. The van der Waals surface area contributed by atoms with Crippen LogP contribution in [-0.2, 0) is 6.54 Å². The summed E-state index contributed by atoms with van der Waals surface area (Å²) < 4.78 is 5.78.